The van der Waals surface area contributed by atoms with Gasteiger partial charge in [-0.2, -0.15) is 35.9 Å². The molecule has 0 aliphatic carbocycles. The molecular weight excluding hydrogens is 528 g/mol. The van der Waals surface area contributed by atoms with Gasteiger partial charge in [0.05, 0.1) is 16.6 Å². The summed E-state index contributed by atoms with van der Waals surface area (Å²) >= 11 is 1.34. The molecule has 0 amide bonds. The van der Waals surface area contributed by atoms with E-state index < -0.39 is 29.4 Å². The molecule has 0 N–H and O–H groups in total. The summed E-state index contributed by atoms with van der Waals surface area (Å²) in [5.74, 6) is -0.336. The molecule has 0 atom stereocenters. The van der Waals surface area contributed by atoms with Crippen LogP contribution in [0.15, 0.2) is 27.9 Å². The largest absolute Gasteiger partial charge is 0.449 e. The van der Waals surface area contributed by atoms with Gasteiger partial charge in [0.1, 0.15) is 17.0 Å². The second kappa shape index (κ2) is 10.1. The third-order valence-corrected chi connectivity index (χ3v) is 6.45. The Morgan fingerprint density at radius 1 is 0.919 bits per heavy atom. The fourth-order valence-electron chi connectivity index (χ4n) is 4.03. The standard InChI is InChI=1S/C21H19F6N5OS.CO2/c1-5-32-15(20(22,23)24)8-12-16(18(32)33)31(4)17(28-12)10-7-11-13(9-14(10)34-6-2)30(3)19(29-11)21(25,26)27;2-1-3/h7-9H,5-6H2,1-4H3;. The zero-order valence-corrected chi connectivity index (χ0v) is 20.6. The average molecular weight is 547 g/mol. The van der Waals surface area contributed by atoms with Crippen LogP contribution >= 0.6 is 11.8 Å². The van der Waals surface area contributed by atoms with Crippen LogP contribution < -0.4 is 5.56 Å². The van der Waals surface area contributed by atoms with E-state index in [4.69, 9.17) is 9.59 Å². The van der Waals surface area contributed by atoms with Crippen LogP contribution in [-0.2, 0) is 42.6 Å². The van der Waals surface area contributed by atoms with Crippen LogP contribution in [0.25, 0.3) is 33.5 Å². The molecule has 8 nitrogen and oxygen atoms in total. The van der Waals surface area contributed by atoms with Gasteiger partial charge in [0, 0.05) is 31.1 Å². The minimum absolute atomic E-state index is 0.0330. The van der Waals surface area contributed by atoms with Crippen molar-refractivity contribution in [3.63, 3.8) is 0 Å². The van der Waals surface area contributed by atoms with Gasteiger partial charge < -0.3 is 13.7 Å². The van der Waals surface area contributed by atoms with Crippen LogP contribution in [0.3, 0.4) is 0 Å². The van der Waals surface area contributed by atoms with Gasteiger partial charge in [-0.25, -0.2) is 9.97 Å². The smallest absolute Gasteiger partial charge is 0.323 e. The van der Waals surface area contributed by atoms with E-state index in [1.54, 1.807) is 6.07 Å². The van der Waals surface area contributed by atoms with E-state index in [0.717, 1.165) is 10.6 Å². The fourth-order valence-corrected chi connectivity index (χ4v) is 4.84. The van der Waals surface area contributed by atoms with Crippen molar-refractivity contribution in [3.05, 3.63) is 40.1 Å². The zero-order valence-electron chi connectivity index (χ0n) is 19.8. The Bertz CT molecular complexity index is 1580. The van der Waals surface area contributed by atoms with Crippen molar-refractivity contribution in [2.24, 2.45) is 14.1 Å². The van der Waals surface area contributed by atoms with Gasteiger partial charge >= 0.3 is 18.5 Å². The molecule has 4 aromatic rings. The summed E-state index contributed by atoms with van der Waals surface area (Å²) in [4.78, 5) is 37.8. The number of hydrogen-bond donors (Lipinski definition) is 0. The Morgan fingerprint density at radius 3 is 2.05 bits per heavy atom. The highest BCUT2D eigenvalue weighted by Gasteiger charge is 2.37. The molecule has 1 aromatic carbocycles. The quantitative estimate of drug-likeness (QED) is 0.267. The first-order valence-electron chi connectivity index (χ1n) is 10.6. The maximum Gasteiger partial charge on any atom is 0.449 e. The zero-order chi connectivity index (χ0) is 27.9. The van der Waals surface area contributed by atoms with E-state index in [2.05, 4.69) is 9.97 Å². The summed E-state index contributed by atoms with van der Waals surface area (Å²) in [7, 11) is 2.75. The van der Waals surface area contributed by atoms with Crippen LogP contribution in [0.4, 0.5) is 26.3 Å². The maximum absolute atomic E-state index is 13.5. The van der Waals surface area contributed by atoms with E-state index in [9.17, 15) is 31.1 Å². The normalized spacial score (nSPS) is 12.1. The molecule has 0 saturated heterocycles. The molecule has 0 radical (unpaired) electrons. The second-order valence-electron chi connectivity index (χ2n) is 7.65. The third kappa shape index (κ3) is 5.01. The van der Waals surface area contributed by atoms with Crippen LogP contribution in [-0.4, -0.2) is 35.6 Å². The third-order valence-electron chi connectivity index (χ3n) is 5.52. The van der Waals surface area contributed by atoms with Crippen LogP contribution in [0.1, 0.15) is 25.4 Å². The topological polar surface area (TPSA) is 91.8 Å². The number of benzene rings is 1. The minimum Gasteiger partial charge on any atom is -0.323 e. The van der Waals surface area contributed by atoms with Gasteiger partial charge in [-0.1, -0.05) is 6.92 Å². The fraction of sp³-hybridized carbons (Fsp3) is 0.364. The molecule has 3 heterocycles. The number of carbonyl (C=O) groups excluding carboxylic acids is 2. The molecule has 15 heteroatoms. The van der Waals surface area contributed by atoms with E-state index in [-0.39, 0.29) is 40.6 Å². The second-order valence-corrected chi connectivity index (χ2v) is 8.96. The first kappa shape index (κ1) is 28.0. The number of rotatable bonds is 4. The lowest BCUT2D eigenvalue weighted by molar-refractivity contribution is -0.191. The molecule has 0 aliphatic rings. The number of hydrogen-bond acceptors (Lipinski definition) is 6. The van der Waals surface area contributed by atoms with Crippen molar-refractivity contribution in [2.75, 3.05) is 5.75 Å². The number of aryl methyl sites for hydroxylation is 2. The number of alkyl halides is 6. The average Bonchev–Trinajstić information content (AvgIpc) is 3.30. The number of fused-ring (bicyclic) bond motifs is 2. The lowest BCUT2D eigenvalue weighted by atomic mass is 10.2. The van der Waals surface area contributed by atoms with E-state index >= 15 is 0 Å². The van der Waals surface area contributed by atoms with Crippen LogP contribution in [0.5, 0.6) is 0 Å². The first-order valence-corrected chi connectivity index (χ1v) is 11.6. The van der Waals surface area contributed by atoms with Gasteiger partial charge in [0.2, 0.25) is 5.82 Å². The van der Waals surface area contributed by atoms with E-state index in [1.165, 1.54) is 43.4 Å². The monoisotopic (exact) mass is 547 g/mol. The van der Waals surface area contributed by atoms with E-state index in [0.29, 0.717) is 20.8 Å². The van der Waals surface area contributed by atoms with Crippen molar-refractivity contribution in [1.29, 1.82) is 0 Å². The van der Waals surface area contributed by atoms with E-state index in [1.807, 2.05) is 6.92 Å². The highest BCUT2D eigenvalue weighted by atomic mass is 32.2. The molecule has 3 aromatic heterocycles. The van der Waals surface area contributed by atoms with Crippen LogP contribution in [0, 0.1) is 0 Å². The molecule has 37 heavy (non-hydrogen) atoms. The summed E-state index contributed by atoms with van der Waals surface area (Å²) in [5, 5.41) is 0. The minimum atomic E-state index is -4.76. The lowest BCUT2D eigenvalue weighted by Crippen LogP contribution is -2.28. The van der Waals surface area contributed by atoms with Gasteiger partial charge in [0.25, 0.3) is 5.56 Å². The molecular formula is C22H19F6N5O3S. The molecule has 0 saturated carbocycles. The number of halogens is 6. The SMILES string of the molecule is CCSc1cc2c(cc1-c1nc3cc(C(F)(F)F)n(CC)c(=O)c3n1C)nc(C(F)(F)F)n2C.O=C=O. The van der Waals surface area contributed by atoms with Crippen molar-refractivity contribution in [3.8, 4) is 11.4 Å². The number of thioether (sulfide) groups is 1. The van der Waals surface area contributed by atoms with Gasteiger partial charge in [-0.15, -0.1) is 11.8 Å². The Morgan fingerprint density at radius 2 is 1.54 bits per heavy atom. The lowest BCUT2D eigenvalue weighted by Gasteiger charge is -2.14. The van der Waals surface area contributed by atoms with Crippen molar-refractivity contribution in [1.82, 2.24) is 23.7 Å². The predicted octanol–water partition coefficient (Wildman–Crippen LogP) is 4.87. The maximum atomic E-state index is 13.5. The van der Waals surface area contributed by atoms with Crippen molar-refractivity contribution < 1.29 is 35.9 Å². The molecule has 0 bridgehead atoms. The number of aromatic nitrogens is 5. The van der Waals surface area contributed by atoms with Crippen molar-refractivity contribution >= 4 is 40.0 Å². The van der Waals surface area contributed by atoms with Gasteiger partial charge in [-0.05, 0) is 30.9 Å². The Balaban J connectivity index is 0.00000121. The summed E-state index contributed by atoms with van der Waals surface area (Å²) < 4.78 is 83.7. The van der Waals surface area contributed by atoms with Crippen LogP contribution in [0.2, 0.25) is 0 Å². The Hall–Kier alpha value is -3.58. The molecule has 0 aliphatic heterocycles. The molecule has 0 unspecified atom stereocenters. The number of nitrogens with zero attached hydrogens (tertiary/aromatic N) is 5. The molecule has 0 spiro atoms. The highest BCUT2D eigenvalue weighted by Crippen LogP contribution is 2.38. The Labute approximate surface area is 208 Å². The summed E-state index contributed by atoms with van der Waals surface area (Å²) in [6.45, 7) is 3.09. The summed E-state index contributed by atoms with van der Waals surface area (Å²) in [5.41, 5.74) is -1.47. The molecule has 0 fully saturated rings. The predicted molar refractivity (Wildman–Crippen MR) is 122 cm³/mol. The van der Waals surface area contributed by atoms with Crippen molar-refractivity contribution in [2.45, 2.75) is 37.6 Å². The van der Waals surface area contributed by atoms with Gasteiger partial charge in [-0.3, -0.25) is 4.79 Å². The molecule has 198 valence electrons. The summed E-state index contributed by atoms with van der Waals surface area (Å²) in [6.07, 6.45) is -9.17. The highest BCUT2D eigenvalue weighted by molar-refractivity contribution is 7.99. The van der Waals surface area contributed by atoms with Gasteiger partial charge in [0.15, 0.2) is 0 Å². The molecule has 4 rings (SSSR count). The number of imidazole rings is 2. The Kier molecular flexibility index (Phi) is 7.61. The summed E-state index contributed by atoms with van der Waals surface area (Å²) in [6, 6.07) is 3.79. The first-order chi connectivity index (χ1) is 17.2. The number of pyridine rings is 1.